The number of hydrogen-bond donors (Lipinski definition) is 0. The number of carbonyl (C=O) groups is 2. The smallest absolute Gasteiger partial charge is 0.338 e. The first-order chi connectivity index (χ1) is 26.3. The lowest BCUT2D eigenvalue weighted by atomic mass is 9.79. The molecular formula is C50H78O4. The van der Waals surface area contributed by atoms with Crippen LogP contribution < -0.4 is 0 Å². The van der Waals surface area contributed by atoms with Gasteiger partial charge in [-0.2, -0.15) is 0 Å². The Balaban J connectivity index is 1.50. The second-order valence-electron chi connectivity index (χ2n) is 17.3. The molecule has 4 heteroatoms. The molecule has 0 N–H and O–H groups in total. The third-order valence-corrected chi connectivity index (χ3v) is 13.0. The molecule has 2 fully saturated rings. The van der Waals surface area contributed by atoms with Crippen molar-refractivity contribution in [3.05, 3.63) is 69.8 Å². The zero-order valence-electron chi connectivity index (χ0n) is 35.5. The molecule has 2 aromatic rings. The van der Waals surface area contributed by atoms with Gasteiger partial charge in [0.1, 0.15) is 12.2 Å². The average Bonchev–Trinajstić information content (AvgIpc) is 3.20. The van der Waals surface area contributed by atoms with Gasteiger partial charge in [-0.25, -0.2) is 9.59 Å². The van der Waals surface area contributed by atoms with Crippen LogP contribution in [-0.2, 0) is 9.47 Å². The minimum Gasteiger partial charge on any atom is -0.455 e. The Bertz CT molecular complexity index is 1280. The molecule has 2 aliphatic rings. The second kappa shape index (κ2) is 24.1. The first-order valence-corrected chi connectivity index (χ1v) is 23.0. The topological polar surface area (TPSA) is 52.6 Å². The predicted octanol–water partition coefficient (Wildman–Crippen LogP) is 15.3. The van der Waals surface area contributed by atoms with Crippen LogP contribution in [0.15, 0.2) is 36.4 Å². The molecule has 0 amide bonds. The summed E-state index contributed by atoms with van der Waals surface area (Å²) < 4.78 is 12.3. The van der Waals surface area contributed by atoms with E-state index in [0.717, 1.165) is 25.7 Å². The maximum Gasteiger partial charge on any atom is 0.338 e. The maximum atomic E-state index is 14.0. The molecule has 2 aliphatic carbocycles. The van der Waals surface area contributed by atoms with Gasteiger partial charge in [-0.05, 0) is 123 Å². The van der Waals surface area contributed by atoms with Crippen molar-refractivity contribution in [2.75, 3.05) is 0 Å². The Kier molecular flexibility index (Phi) is 19.7. The molecule has 4 atom stereocenters. The summed E-state index contributed by atoms with van der Waals surface area (Å²) in [6.45, 7) is 12.9. The summed E-state index contributed by atoms with van der Waals surface area (Å²) in [5, 5.41) is 0. The largest absolute Gasteiger partial charge is 0.455 e. The third-order valence-electron chi connectivity index (χ3n) is 13.0. The monoisotopic (exact) mass is 743 g/mol. The Morgan fingerprint density at radius 1 is 0.519 bits per heavy atom. The Morgan fingerprint density at radius 2 is 0.907 bits per heavy atom. The van der Waals surface area contributed by atoms with Crippen LogP contribution in [0.5, 0.6) is 0 Å². The summed E-state index contributed by atoms with van der Waals surface area (Å²) in [5.41, 5.74) is 6.52. The molecule has 0 heterocycles. The minimum absolute atomic E-state index is 0.291. The van der Waals surface area contributed by atoms with Crippen LogP contribution in [0.4, 0.5) is 0 Å². The number of benzene rings is 2. The van der Waals surface area contributed by atoms with Crippen LogP contribution in [0.2, 0.25) is 0 Å². The number of unbranched alkanes of at least 4 members (excludes halogenated alkanes) is 6. The van der Waals surface area contributed by atoms with E-state index >= 15 is 0 Å². The number of carbonyl (C=O) groups excluding carboxylic acids is 2. The summed E-state index contributed by atoms with van der Waals surface area (Å²) in [6, 6.07) is 13.2. The molecule has 0 saturated heterocycles. The minimum atomic E-state index is -0.568. The number of ether oxygens (including phenoxy) is 2. The van der Waals surface area contributed by atoms with Gasteiger partial charge in [-0.1, -0.05) is 155 Å². The summed E-state index contributed by atoms with van der Waals surface area (Å²) in [4.78, 5) is 28.0. The first kappa shape index (κ1) is 44.1. The van der Waals surface area contributed by atoms with Crippen molar-refractivity contribution in [3.63, 3.8) is 0 Å². The summed E-state index contributed by atoms with van der Waals surface area (Å²) in [7, 11) is 0. The van der Waals surface area contributed by atoms with Crippen LogP contribution in [0.3, 0.4) is 0 Å². The standard InChI is InChI=1S/C50H78O4/c1-7-11-13-17-25-39(23-9-3)43-31-33-45(47(35-43)41-27-19-15-20-28-41)49(51)53-37(5)38(6)54-50(52)46-34-32-44(36-48(46)42-29-21-16-22-30-42)40(24-10-4)26-18-14-12-8-2/h31-42H,7-30H2,1-6H3. The van der Waals surface area contributed by atoms with Crippen LogP contribution in [0, 0.1) is 0 Å². The van der Waals surface area contributed by atoms with Crippen LogP contribution >= 0.6 is 0 Å². The average molecular weight is 743 g/mol. The van der Waals surface area contributed by atoms with Gasteiger partial charge in [0.15, 0.2) is 0 Å². The van der Waals surface area contributed by atoms with Gasteiger partial charge in [-0.15, -0.1) is 0 Å². The van der Waals surface area contributed by atoms with Crippen molar-refractivity contribution in [1.29, 1.82) is 0 Å². The molecule has 4 unspecified atom stereocenters. The molecule has 2 aromatic carbocycles. The first-order valence-electron chi connectivity index (χ1n) is 23.0. The molecular weight excluding hydrogens is 665 g/mol. The van der Waals surface area contributed by atoms with E-state index in [1.807, 2.05) is 26.0 Å². The predicted molar refractivity (Wildman–Crippen MR) is 227 cm³/mol. The van der Waals surface area contributed by atoms with E-state index in [0.29, 0.717) is 34.8 Å². The quantitative estimate of drug-likeness (QED) is 0.0840. The number of rotatable bonds is 23. The molecule has 0 spiro atoms. The molecule has 54 heavy (non-hydrogen) atoms. The summed E-state index contributed by atoms with van der Waals surface area (Å²) in [6.07, 6.45) is 28.1. The maximum absolute atomic E-state index is 14.0. The molecule has 2 saturated carbocycles. The van der Waals surface area contributed by atoms with Gasteiger partial charge in [0.05, 0.1) is 11.1 Å². The fourth-order valence-electron chi connectivity index (χ4n) is 9.49. The highest BCUT2D eigenvalue weighted by Crippen LogP contribution is 2.40. The normalized spacial score (nSPS) is 17.8. The fraction of sp³-hybridized carbons (Fsp3) is 0.720. The lowest BCUT2D eigenvalue weighted by Gasteiger charge is -2.28. The zero-order chi connectivity index (χ0) is 38.7. The molecule has 0 aliphatic heterocycles. The third kappa shape index (κ3) is 13.3. The van der Waals surface area contributed by atoms with Crippen LogP contribution in [-0.4, -0.2) is 24.1 Å². The van der Waals surface area contributed by atoms with E-state index in [1.54, 1.807) is 0 Å². The molecule has 0 aromatic heterocycles. The van der Waals surface area contributed by atoms with Crippen LogP contribution in [0.1, 0.15) is 262 Å². The Labute approximate surface area is 331 Å². The summed E-state index contributed by atoms with van der Waals surface area (Å²) in [5.74, 6) is 1.27. The van der Waals surface area contributed by atoms with E-state index < -0.39 is 12.2 Å². The van der Waals surface area contributed by atoms with E-state index in [-0.39, 0.29) is 11.9 Å². The number of hydrogen-bond acceptors (Lipinski definition) is 4. The molecule has 0 radical (unpaired) electrons. The Hall–Kier alpha value is -2.62. The zero-order valence-corrected chi connectivity index (χ0v) is 35.5. The number of esters is 2. The highest BCUT2D eigenvalue weighted by atomic mass is 16.6. The van der Waals surface area contributed by atoms with Gasteiger partial charge >= 0.3 is 11.9 Å². The molecule has 4 rings (SSSR count). The van der Waals surface area contributed by atoms with E-state index in [2.05, 4.69) is 52.0 Å². The van der Waals surface area contributed by atoms with Gasteiger partial charge in [0.2, 0.25) is 0 Å². The lowest BCUT2D eigenvalue weighted by Crippen LogP contribution is -2.31. The van der Waals surface area contributed by atoms with Crippen LogP contribution in [0.25, 0.3) is 0 Å². The highest BCUT2D eigenvalue weighted by Gasteiger charge is 2.29. The lowest BCUT2D eigenvalue weighted by molar-refractivity contribution is -0.0241. The van der Waals surface area contributed by atoms with Gasteiger partial charge < -0.3 is 9.47 Å². The summed E-state index contributed by atoms with van der Waals surface area (Å²) >= 11 is 0. The van der Waals surface area contributed by atoms with Gasteiger partial charge in [-0.3, -0.25) is 0 Å². The van der Waals surface area contributed by atoms with Gasteiger partial charge in [0.25, 0.3) is 0 Å². The molecule has 0 bridgehead atoms. The van der Waals surface area contributed by atoms with E-state index in [1.165, 1.54) is 151 Å². The molecule has 4 nitrogen and oxygen atoms in total. The van der Waals surface area contributed by atoms with E-state index in [4.69, 9.17) is 9.47 Å². The second-order valence-corrected chi connectivity index (χ2v) is 17.3. The van der Waals surface area contributed by atoms with Crippen molar-refractivity contribution in [2.45, 2.75) is 232 Å². The SMILES string of the molecule is CCCCCCC(CCC)c1ccc(C(=O)OC(C)C(C)OC(=O)c2ccc(C(CCC)CCCCCC)cc2C2CCCCC2)c(C2CCCCC2)c1. The van der Waals surface area contributed by atoms with Crippen molar-refractivity contribution >= 4 is 11.9 Å². The fourth-order valence-corrected chi connectivity index (χ4v) is 9.49. The van der Waals surface area contributed by atoms with E-state index in [9.17, 15) is 9.59 Å². The van der Waals surface area contributed by atoms with Crippen molar-refractivity contribution < 1.29 is 19.1 Å². The Morgan fingerprint density at radius 3 is 1.26 bits per heavy atom. The van der Waals surface area contributed by atoms with Crippen molar-refractivity contribution in [2.24, 2.45) is 0 Å². The van der Waals surface area contributed by atoms with Crippen molar-refractivity contribution in [3.8, 4) is 0 Å². The highest BCUT2D eigenvalue weighted by molar-refractivity contribution is 5.92. The molecule has 302 valence electrons. The van der Waals surface area contributed by atoms with Gasteiger partial charge in [0, 0.05) is 0 Å². The van der Waals surface area contributed by atoms with Crippen molar-refractivity contribution in [1.82, 2.24) is 0 Å².